The van der Waals surface area contributed by atoms with Crippen LogP contribution in [0.25, 0.3) is 0 Å². The molecule has 5 rings (SSSR count). The molecule has 12 heteroatoms. The van der Waals surface area contributed by atoms with Crippen molar-refractivity contribution in [2.75, 3.05) is 10.0 Å². The minimum atomic E-state index is -1.13. The van der Waals surface area contributed by atoms with Gasteiger partial charge in [0.25, 0.3) is 0 Å². The molecule has 3 aliphatic rings. The number of aromatic carboxylic acids is 2. The molecule has 2 aromatic rings. The van der Waals surface area contributed by atoms with E-state index in [0.29, 0.717) is 0 Å². The predicted octanol–water partition coefficient (Wildman–Crippen LogP) is 0.797. The van der Waals surface area contributed by atoms with Gasteiger partial charge in [0.15, 0.2) is 0 Å². The van der Waals surface area contributed by atoms with Gasteiger partial charge in [-0.3, -0.25) is 30.0 Å². The minimum absolute atomic E-state index is 0.0159. The van der Waals surface area contributed by atoms with Gasteiger partial charge in [-0.1, -0.05) is 0 Å². The number of nitrogens with zero attached hydrogens (tertiary/aromatic N) is 2. The highest BCUT2D eigenvalue weighted by Crippen LogP contribution is 2.44. The Morgan fingerprint density at radius 1 is 0.611 bits per heavy atom. The smallest absolute Gasteiger partial charge is 0.335 e. The van der Waals surface area contributed by atoms with E-state index in [2.05, 4.69) is 10.9 Å². The Morgan fingerprint density at radius 3 is 1.28 bits per heavy atom. The Hall–Kier alpha value is -4.74. The number of hydrogen-bond donors (Lipinski definition) is 4. The third-order valence-electron chi connectivity index (χ3n) is 6.92. The Bertz CT molecular complexity index is 1210. The van der Waals surface area contributed by atoms with Crippen molar-refractivity contribution >= 4 is 46.9 Å². The molecule has 2 aromatic carbocycles. The first kappa shape index (κ1) is 23.0. The Balaban J connectivity index is 1.40. The number of carbonyl (C=O) groups excluding carboxylic acids is 4. The van der Waals surface area contributed by atoms with Gasteiger partial charge in [0.05, 0.1) is 46.2 Å². The van der Waals surface area contributed by atoms with Gasteiger partial charge in [-0.25, -0.2) is 19.6 Å². The Labute approximate surface area is 203 Å². The molecule has 0 radical (unpaired) electrons. The van der Waals surface area contributed by atoms with Crippen molar-refractivity contribution in [1.29, 1.82) is 0 Å². The Kier molecular flexibility index (Phi) is 5.43. The van der Waals surface area contributed by atoms with Crippen molar-refractivity contribution in [2.45, 2.75) is 12.8 Å². The molecule has 0 spiro atoms. The van der Waals surface area contributed by atoms with Gasteiger partial charge in [0.1, 0.15) is 0 Å². The van der Waals surface area contributed by atoms with Gasteiger partial charge in [-0.05, 0) is 61.4 Å². The molecule has 36 heavy (non-hydrogen) atoms. The van der Waals surface area contributed by atoms with Crippen molar-refractivity contribution in [2.24, 2.45) is 23.7 Å². The molecule has 1 saturated carbocycles. The second-order valence-electron chi connectivity index (χ2n) is 8.90. The molecular weight excluding hydrogens is 472 g/mol. The van der Waals surface area contributed by atoms with Crippen LogP contribution in [0.3, 0.4) is 0 Å². The number of carboxylic acids is 2. The number of hydrazine groups is 2. The normalized spacial score (nSPS) is 25.4. The molecule has 1 aliphatic carbocycles. The van der Waals surface area contributed by atoms with Crippen molar-refractivity contribution in [3.05, 3.63) is 59.7 Å². The molecule has 4 atom stereocenters. The van der Waals surface area contributed by atoms with Gasteiger partial charge >= 0.3 is 11.9 Å². The number of rotatable bonds is 4. The summed E-state index contributed by atoms with van der Waals surface area (Å²) in [6, 6.07) is 10.8. The highest BCUT2D eigenvalue weighted by atomic mass is 16.4. The van der Waals surface area contributed by atoms with E-state index in [9.17, 15) is 28.8 Å². The third-order valence-corrected chi connectivity index (χ3v) is 6.92. The summed E-state index contributed by atoms with van der Waals surface area (Å²) < 4.78 is 0. The lowest BCUT2D eigenvalue weighted by molar-refractivity contribution is -0.152. The van der Waals surface area contributed by atoms with Crippen molar-refractivity contribution in [3.63, 3.8) is 0 Å². The van der Waals surface area contributed by atoms with Gasteiger partial charge < -0.3 is 10.2 Å². The maximum atomic E-state index is 13.4. The lowest BCUT2D eigenvalue weighted by atomic mass is 9.65. The molecule has 0 bridgehead atoms. The molecule has 4 N–H and O–H groups in total. The van der Waals surface area contributed by atoms with Crippen LogP contribution in [-0.4, -0.2) is 45.8 Å². The first-order valence-electron chi connectivity index (χ1n) is 11.1. The van der Waals surface area contributed by atoms with Crippen LogP contribution in [0.4, 0.5) is 11.4 Å². The molecule has 4 amide bonds. The quantitative estimate of drug-likeness (QED) is 0.485. The average Bonchev–Trinajstić information content (AvgIpc) is 2.87. The highest BCUT2D eigenvalue weighted by molar-refractivity contribution is 6.08. The maximum absolute atomic E-state index is 13.4. The molecule has 2 aliphatic heterocycles. The number of amides is 4. The zero-order chi connectivity index (χ0) is 25.7. The number of anilines is 2. The van der Waals surface area contributed by atoms with Crippen LogP contribution in [0.5, 0.6) is 0 Å². The van der Waals surface area contributed by atoms with E-state index < -0.39 is 59.2 Å². The fourth-order valence-electron chi connectivity index (χ4n) is 5.05. The van der Waals surface area contributed by atoms with E-state index in [-0.39, 0.29) is 35.3 Å². The molecule has 2 heterocycles. The summed E-state index contributed by atoms with van der Waals surface area (Å²) >= 11 is 0. The van der Waals surface area contributed by atoms with E-state index in [4.69, 9.17) is 10.2 Å². The number of fused-ring (bicyclic) bond motifs is 2. The summed E-state index contributed by atoms with van der Waals surface area (Å²) in [5, 5.41) is 20.3. The summed E-state index contributed by atoms with van der Waals surface area (Å²) in [6.07, 6.45) is -0.0106. The van der Waals surface area contributed by atoms with Crippen LogP contribution in [0.1, 0.15) is 33.6 Å². The summed E-state index contributed by atoms with van der Waals surface area (Å²) in [5.41, 5.74) is 5.62. The van der Waals surface area contributed by atoms with E-state index >= 15 is 0 Å². The summed E-state index contributed by atoms with van der Waals surface area (Å²) in [6.45, 7) is 0. The summed E-state index contributed by atoms with van der Waals surface area (Å²) in [7, 11) is 0. The van der Waals surface area contributed by atoms with Gasteiger partial charge in [-0.2, -0.15) is 0 Å². The van der Waals surface area contributed by atoms with E-state index in [1.54, 1.807) is 0 Å². The van der Waals surface area contributed by atoms with E-state index in [1.165, 1.54) is 48.5 Å². The second-order valence-corrected chi connectivity index (χ2v) is 8.90. The third kappa shape index (κ3) is 3.72. The number of benzene rings is 2. The monoisotopic (exact) mass is 492 g/mol. The number of carboxylic acid groups (broad SMARTS) is 2. The van der Waals surface area contributed by atoms with E-state index in [0.717, 1.165) is 10.0 Å². The van der Waals surface area contributed by atoms with Gasteiger partial charge in [0.2, 0.25) is 23.6 Å². The van der Waals surface area contributed by atoms with Crippen molar-refractivity contribution in [3.8, 4) is 0 Å². The summed E-state index contributed by atoms with van der Waals surface area (Å²) in [4.78, 5) is 74.7. The lowest BCUT2D eigenvalue weighted by Crippen LogP contribution is -2.66. The minimum Gasteiger partial charge on any atom is -0.478 e. The number of nitrogens with one attached hydrogen (secondary N) is 2. The van der Waals surface area contributed by atoms with Crippen LogP contribution in [0.15, 0.2) is 48.5 Å². The highest BCUT2D eigenvalue weighted by Gasteiger charge is 2.55. The van der Waals surface area contributed by atoms with Crippen LogP contribution < -0.4 is 20.9 Å². The van der Waals surface area contributed by atoms with Gasteiger partial charge in [0, 0.05) is 0 Å². The molecule has 3 fully saturated rings. The van der Waals surface area contributed by atoms with Gasteiger partial charge in [-0.15, -0.1) is 0 Å². The van der Waals surface area contributed by atoms with Crippen LogP contribution >= 0.6 is 0 Å². The first-order valence-corrected chi connectivity index (χ1v) is 11.1. The second kappa shape index (κ2) is 8.48. The Morgan fingerprint density at radius 2 is 0.944 bits per heavy atom. The van der Waals surface area contributed by atoms with Crippen molar-refractivity contribution in [1.82, 2.24) is 10.9 Å². The van der Waals surface area contributed by atoms with Crippen LogP contribution in [0.2, 0.25) is 0 Å². The maximum Gasteiger partial charge on any atom is 0.335 e. The molecule has 2 saturated heterocycles. The summed E-state index contributed by atoms with van der Waals surface area (Å²) in [5.74, 6) is -7.43. The first-order chi connectivity index (χ1) is 17.2. The fraction of sp³-hybridized carbons (Fsp3) is 0.250. The lowest BCUT2D eigenvalue weighted by Gasteiger charge is -2.47. The number of carbonyl (C=O) groups is 6. The van der Waals surface area contributed by atoms with E-state index in [1.807, 2.05) is 0 Å². The topological polar surface area (TPSA) is 173 Å². The molecular formula is C24H20N4O8. The zero-order valence-corrected chi connectivity index (χ0v) is 18.6. The largest absolute Gasteiger partial charge is 0.478 e. The number of hydrogen-bond acceptors (Lipinski definition) is 6. The van der Waals surface area contributed by atoms with Crippen LogP contribution in [0, 0.1) is 23.7 Å². The zero-order valence-electron chi connectivity index (χ0n) is 18.6. The molecule has 0 aromatic heterocycles. The standard InChI is InChI=1S/C24H20N4O8/c29-19-15-9-16-18(22(32)28(26-20(16)30)14-7-3-12(4-8-14)24(35)36)10-17(15)21(31)27(25-19)13-5-1-11(2-6-13)23(33)34/h1-8,15-18H,9-10H2,(H,25,29)(H,26,30)(H,33,34)(H,35,36). The molecule has 184 valence electrons. The van der Waals surface area contributed by atoms with Crippen LogP contribution in [-0.2, 0) is 19.2 Å². The predicted molar refractivity (Wildman–Crippen MR) is 121 cm³/mol. The fourth-order valence-corrected chi connectivity index (χ4v) is 5.05. The van der Waals surface area contributed by atoms with Crippen molar-refractivity contribution < 1.29 is 39.0 Å². The SMILES string of the molecule is O=C(O)c1ccc(N2NC(=O)C3CC4C(=O)NN(c5ccc(C(=O)O)cc5)C(=O)C4CC3C2=O)cc1. The average molecular weight is 492 g/mol. The molecule has 4 unspecified atom stereocenters. The molecule has 12 nitrogen and oxygen atoms in total.